The first-order valence-corrected chi connectivity index (χ1v) is 6.49. The van der Waals surface area contributed by atoms with Gasteiger partial charge in [-0.1, -0.05) is 13.3 Å². The van der Waals surface area contributed by atoms with Gasteiger partial charge in [-0.15, -0.1) is 0 Å². The summed E-state index contributed by atoms with van der Waals surface area (Å²) in [4.78, 5) is 10.3. The lowest BCUT2D eigenvalue weighted by molar-refractivity contribution is -0.140. The normalized spacial score (nSPS) is 11.6. The Labute approximate surface area is 85.3 Å². The van der Waals surface area contributed by atoms with Crippen molar-refractivity contribution in [2.75, 3.05) is 20.8 Å². The van der Waals surface area contributed by atoms with Crippen LogP contribution in [0.15, 0.2) is 0 Å². The molecule has 0 saturated heterocycles. The van der Waals surface area contributed by atoms with Gasteiger partial charge in [-0.25, -0.2) is 4.79 Å². The van der Waals surface area contributed by atoms with Crippen LogP contribution in [-0.2, 0) is 18.1 Å². The highest BCUT2D eigenvalue weighted by Crippen LogP contribution is 2.16. The second kappa shape index (κ2) is 6.94. The monoisotopic (exact) mass is 222 g/mol. The maximum absolute atomic E-state index is 10.3. The van der Waals surface area contributed by atoms with Gasteiger partial charge in [0.15, 0.2) is 0 Å². The van der Waals surface area contributed by atoms with Crippen LogP contribution < -0.4 is 0 Å². The van der Waals surface area contributed by atoms with E-state index in [-0.39, 0.29) is 6.61 Å². The Morgan fingerprint density at radius 1 is 1.36 bits per heavy atom. The predicted molar refractivity (Wildman–Crippen MR) is 53.1 cm³/mol. The number of hydrogen-bond donors (Lipinski definition) is 1. The molecule has 0 fully saturated rings. The zero-order valence-electron chi connectivity index (χ0n) is 8.91. The average Bonchev–Trinajstić information content (AvgIpc) is 2.19. The molecule has 84 valence electrons. The van der Waals surface area contributed by atoms with Crippen molar-refractivity contribution in [1.82, 2.24) is 0 Å². The highest BCUT2D eigenvalue weighted by atomic mass is 28.4. The van der Waals surface area contributed by atoms with Gasteiger partial charge in [0, 0.05) is 20.3 Å². The first-order chi connectivity index (χ1) is 6.60. The molecule has 0 aliphatic carbocycles. The maximum Gasteiger partial charge on any atom is 0.500 e. The molecule has 0 aromatic carbocycles. The van der Waals surface area contributed by atoms with Crippen LogP contribution in [0.4, 0.5) is 0 Å². The Balaban J connectivity index is 4.13. The number of unbranched alkanes of at least 4 members (excludes halogenated alkanes) is 1. The van der Waals surface area contributed by atoms with Crippen molar-refractivity contribution in [3.05, 3.63) is 0 Å². The van der Waals surface area contributed by atoms with E-state index < -0.39 is 14.8 Å². The van der Waals surface area contributed by atoms with Gasteiger partial charge in [0.05, 0.1) is 0 Å². The lowest BCUT2D eigenvalue weighted by Crippen LogP contribution is -2.45. The van der Waals surface area contributed by atoms with Crippen LogP contribution in [0.1, 0.15) is 19.8 Å². The molecule has 5 nitrogen and oxygen atoms in total. The van der Waals surface area contributed by atoms with E-state index in [0.29, 0.717) is 6.04 Å². The van der Waals surface area contributed by atoms with Crippen molar-refractivity contribution in [3.63, 3.8) is 0 Å². The molecule has 0 amide bonds. The van der Waals surface area contributed by atoms with E-state index in [1.54, 1.807) is 0 Å². The Morgan fingerprint density at radius 3 is 2.29 bits per heavy atom. The molecule has 0 spiro atoms. The summed E-state index contributed by atoms with van der Waals surface area (Å²) >= 11 is 0. The van der Waals surface area contributed by atoms with Gasteiger partial charge < -0.3 is 18.4 Å². The molecule has 0 unspecified atom stereocenters. The van der Waals surface area contributed by atoms with E-state index in [1.165, 1.54) is 14.2 Å². The van der Waals surface area contributed by atoms with Crippen LogP contribution in [0.5, 0.6) is 0 Å². The van der Waals surface area contributed by atoms with Gasteiger partial charge in [0.1, 0.15) is 6.61 Å². The minimum absolute atomic E-state index is 0.363. The maximum atomic E-state index is 10.3. The van der Waals surface area contributed by atoms with Gasteiger partial charge in [0.25, 0.3) is 0 Å². The number of rotatable bonds is 8. The molecule has 0 aliphatic heterocycles. The fourth-order valence-electron chi connectivity index (χ4n) is 1.04. The summed E-state index contributed by atoms with van der Waals surface area (Å²) in [7, 11) is 0.279. The van der Waals surface area contributed by atoms with Crippen LogP contribution in [0.3, 0.4) is 0 Å². The number of carboxylic acid groups (broad SMARTS) is 1. The summed E-state index contributed by atoms with van der Waals surface area (Å²) in [5, 5.41) is 8.48. The summed E-state index contributed by atoms with van der Waals surface area (Å²) in [6.45, 7) is 1.68. The molecular weight excluding hydrogens is 204 g/mol. The van der Waals surface area contributed by atoms with E-state index in [9.17, 15) is 4.79 Å². The smallest absolute Gasteiger partial charge is 0.480 e. The van der Waals surface area contributed by atoms with Crippen LogP contribution >= 0.6 is 0 Å². The minimum Gasteiger partial charge on any atom is -0.480 e. The molecule has 0 radical (unpaired) electrons. The standard InChI is InChI=1S/C8H18O5Si/c1-4-5-6-14(11-2,12-3)13-7-8(9)10/h4-7H2,1-3H3,(H,9,10). The van der Waals surface area contributed by atoms with Crippen molar-refractivity contribution >= 4 is 14.8 Å². The van der Waals surface area contributed by atoms with Gasteiger partial charge in [-0.3, -0.25) is 0 Å². The van der Waals surface area contributed by atoms with Crippen molar-refractivity contribution < 1.29 is 23.2 Å². The number of carbonyl (C=O) groups is 1. The van der Waals surface area contributed by atoms with Crippen molar-refractivity contribution in [2.45, 2.75) is 25.8 Å². The van der Waals surface area contributed by atoms with Crippen LogP contribution in [0.2, 0.25) is 6.04 Å². The van der Waals surface area contributed by atoms with Crippen molar-refractivity contribution in [1.29, 1.82) is 0 Å². The second-order valence-electron chi connectivity index (χ2n) is 2.88. The first-order valence-electron chi connectivity index (χ1n) is 4.56. The van der Waals surface area contributed by atoms with E-state index in [4.69, 9.17) is 18.4 Å². The lowest BCUT2D eigenvalue weighted by Gasteiger charge is -2.25. The Kier molecular flexibility index (Phi) is 6.72. The molecule has 0 aromatic heterocycles. The summed E-state index contributed by atoms with van der Waals surface area (Å²) in [5.41, 5.74) is 0. The first kappa shape index (κ1) is 13.6. The molecule has 0 rings (SSSR count). The lowest BCUT2D eigenvalue weighted by atomic mass is 10.4. The van der Waals surface area contributed by atoms with E-state index in [0.717, 1.165) is 12.8 Å². The minimum atomic E-state index is -2.71. The molecule has 14 heavy (non-hydrogen) atoms. The van der Waals surface area contributed by atoms with E-state index in [2.05, 4.69) is 0 Å². The average molecular weight is 222 g/mol. The van der Waals surface area contributed by atoms with Gasteiger partial charge >= 0.3 is 14.8 Å². The third-order valence-corrected chi connectivity index (χ3v) is 4.67. The molecule has 0 aromatic rings. The molecule has 6 heteroatoms. The predicted octanol–water partition coefficient (Wildman–Crippen LogP) is 1.12. The van der Waals surface area contributed by atoms with Gasteiger partial charge in [-0.05, 0) is 6.42 Å². The zero-order valence-corrected chi connectivity index (χ0v) is 9.91. The second-order valence-corrected chi connectivity index (χ2v) is 5.85. The third-order valence-electron chi connectivity index (χ3n) is 1.87. The third kappa shape index (κ3) is 4.71. The Morgan fingerprint density at radius 2 is 1.93 bits per heavy atom. The summed E-state index contributed by atoms with van der Waals surface area (Å²) in [6, 6.07) is 0.657. The highest BCUT2D eigenvalue weighted by Gasteiger charge is 2.38. The fraction of sp³-hybridized carbons (Fsp3) is 0.875. The van der Waals surface area contributed by atoms with Crippen LogP contribution in [0, 0.1) is 0 Å². The van der Waals surface area contributed by atoms with Crippen LogP contribution in [-0.4, -0.2) is 40.7 Å². The van der Waals surface area contributed by atoms with Crippen molar-refractivity contribution in [3.8, 4) is 0 Å². The topological polar surface area (TPSA) is 65.0 Å². The zero-order chi connectivity index (χ0) is 11.0. The summed E-state index contributed by atoms with van der Waals surface area (Å²) in [5.74, 6) is -1.01. The van der Waals surface area contributed by atoms with E-state index in [1.807, 2.05) is 6.92 Å². The Hall–Kier alpha value is -0.433. The molecule has 0 aliphatic rings. The van der Waals surface area contributed by atoms with Crippen molar-refractivity contribution in [2.24, 2.45) is 0 Å². The number of carboxylic acids is 1. The molecule has 0 atom stereocenters. The number of hydrogen-bond acceptors (Lipinski definition) is 4. The number of aliphatic carboxylic acids is 1. The van der Waals surface area contributed by atoms with Gasteiger partial charge in [0.2, 0.25) is 0 Å². The highest BCUT2D eigenvalue weighted by molar-refractivity contribution is 6.60. The fourth-order valence-corrected chi connectivity index (χ4v) is 3.13. The van der Waals surface area contributed by atoms with Crippen LogP contribution in [0.25, 0.3) is 0 Å². The summed E-state index contributed by atoms with van der Waals surface area (Å²) < 4.78 is 15.5. The Bertz CT molecular complexity index is 169. The quantitative estimate of drug-likeness (QED) is 0.623. The SMILES string of the molecule is CCCC[Si](OC)(OC)OCC(=O)O. The molecular formula is C8H18O5Si. The molecule has 0 bridgehead atoms. The van der Waals surface area contributed by atoms with E-state index >= 15 is 0 Å². The molecule has 1 N–H and O–H groups in total. The summed E-state index contributed by atoms with van der Waals surface area (Å²) in [6.07, 6.45) is 1.91. The van der Waals surface area contributed by atoms with Gasteiger partial charge in [-0.2, -0.15) is 0 Å². The molecule has 0 saturated carbocycles. The molecule has 0 heterocycles. The largest absolute Gasteiger partial charge is 0.500 e.